The second kappa shape index (κ2) is 7.47. The molecule has 10 heteroatoms. The van der Waals surface area contributed by atoms with Crippen LogP contribution in [-0.2, 0) is 16.1 Å². The maximum atomic E-state index is 13.3. The zero-order chi connectivity index (χ0) is 22.3. The fourth-order valence-electron chi connectivity index (χ4n) is 3.62. The van der Waals surface area contributed by atoms with E-state index >= 15 is 0 Å². The van der Waals surface area contributed by atoms with Gasteiger partial charge < -0.3 is 26.0 Å². The molecule has 1 aliphatic heterocycles. The van der Waals surface area contributed by atoms with Crippen molar-refractivity contribution >= 4 is 34.3 Å². The lowest BCUT2D eigenvalue weighted by Gasteiger charge is -2.22. The number of aromatic amines is 1. The molecule has 1 fully saturated rings. The summed E-state index contributed by atoms with van der Waals surface area (Å²) < 4.78 is 26.6. The highest BCUT2D eigenvalue weighted by molar-refractivity contribution is 6.16. The Hall–Kier alpha value is -3.79. The van der Waals surface area contributed by atoms with Gasteiger partial charge in [-0.3, -0.25) is 14.4 Å². The summed E-state index contributed by atoms with van der Waals surface area (Å²) in [5.74, 6) is -4.00. The van der Waals surface area contributed by atoms with Gasteiger partial charge in [-0.1, -0.05) is 0 Å². The predicted molar refractivity (Wildman–Crippen MR) is 107 cm³/mol. The lowest BCUT2D eigenvalue weighted by molar-refractivity contribution is -0.149. The van der Waals surface area contributed by atoms with E-state index in [0.29, 0.717) is 22.7 Å². The molecule has 2 heterocycles. The zero-order valence-electron chi connectivity index (χ0n) is 16.1. The number of fused-ring (bicyclic) bond motifs is 1. The summed E-state index contributed by atoms with van der Waals surface area (Å²) in [6.07, 6.45) is -0.160. The van der Waals surface area contributed by atoms with Gasteiger partial charge in [0.05, 0.1) is 0 Å². The number of aromatic nitrogens is 1. The number of halogens is 2. The normalized spacial score (nSPS) is 18.5. The van der Waals surface area contributed by atoms with E-state index in [1.807, 2.05) is 0 Å². The lowest BCUT2D eigenvalue weighted by atomic mass is 10.0. The van der Waals surface area contributed by atoms with E-state index < -0.39 is 35.0 Å². The van der Waals surface area contributed by atoms with E-state index in [1.165, 1.54) is 4.90 Å². The van der Waals surface area contributed by atoms with Crippen LogP contribution in [0.15, 0.2) is 42.5 Å². The topological polar surface area (TPSA) is 129 Å². The fourth-order valence-corrected chi connectivity index (χ4v) is 3.62. The molecule has 1 aliphatic rings. The van der Waals surface area contributed by atoms with Crippen LogP contribution in [0.1, 0.15) is 22.5 Å². The standard InChI is InChI=1S/C21H18F2N4O4/c22-13-5-11(6-14(23)9-13)10-25-19(29)21(31)3-4-27(20(21)30)15-1-2-16-12(7-15)8-17(26-16)18(24)28/h1-2,5-9,26,31H,3-4,10H2,(H2,24,28)(H,25,29). The molecule has 5 N–H and O–H groups in total. The SMILES string of the molecule is NC(=O)c1cc2cc(N3CCC(O)(C(=O)NCc4cc(F)cc(F)c4)C3=O)ccc2[nH]1. The molecule has 1 atom stereocenters. The van der Waals surface area contributed by atoms with Crippen molar-refractivity contribution < 1.29 is 28.3 Å². The number of nitrogens with one attached hydrogen (secondary N) is 2. The molecule has 1 saturated heterocycles. The molecule has 8 nitrogen and oxygen atoms in total. The Morgan fingerprint density at radius 2 is 1.87 bits per heavy atom. The minimum Gasteiger partial charge on any atom is -0.372 e. The monoisotopic (exact) mass is 428 g/mol. The highest BCUT2D eigenvalue weighted by Gasteiger charge is 2.51. The van der Waals surface area contributed by atoms with Crippen molar-refractivity contribution in [2.75, 3.05) is 11.4 Å². The van der Waals surface area contributed by atoms with Gasteiger partial charge in [0.2, 0.25) is 5.60 Å². The first-order valence-corrected chi connectivity index (χ1v) is 9.37. The van der Waals surface area contributed by atoms with Gasteiger partial charge in [0.25, 0.3) is 17.7 Å². The van der Waals surface area contributed by atoms with E-state index in [9.17, 15) is 28.3 Å². The van der Waals surface area contributed by atoms with Gasteiger partial charge in [-0.2, -0.15) is 0 Å². The smallest absolute Gasteiger partial charge is 0.268 e. The first kappa shape index (κ1) is 20.5. The molecule has 0 radical (unpaired) electrons. The van der Waals surface area contributed by atoms with Crippen molar-refractivity contribution in [2.24, 2.45) is 5.73 Å². The van der Waals surface area contributed by atoms with Gasteiger partial charge in [0, 0.05) is 42.2 Å². The first-order valence-electron chi connectivity index (χ1n) is 9.37. The fraction of sp³-hybridized carbons (Fsp3) is 0.190. The number of hydrogen-bond donors (Lipinski definition) is 4. The summed E-state index contributed by atoms with van der Waals surface area (Å²) in [5.41, 5.74) is 4.39. The third-order valence-electron chi connectivity index (χ3n) is 5.23. The molecule has 160 valence electrons. The Morgan fingerprint density at radius 3 is 2.55 bits per heavy atom. The van der Waals surface area contributed by atoms with Crippen molar-refractivity contribution in [3.63, 3.8) is 0 Å². The zero-order valence-corrected chi connectivity index (χ0v) is 16.1. The number of nitrogens with two attached hydrogens (primary N) is 1. The molecule has 4 rings (SSSR count). The number of benzene rings is 2. The molecular weight excluding hydrogens is 410 g/mol. The maximum Gasteiger partial charge on any atom is 0.268 e. The van der Waals surface area contributed by atoms with E-state index in [-0.39, 0.29) is 30.8 Å². The Labute approximate surface area is 174 Å². The number of H-pyrrole nitrogens is 1. The van der Waals surface area contributed by atoms with Crippen LogP contribution in [0, 0.1) is 11.6 Å². The first-order chi connectivity index (χ1) is 14.7. The molecule has 3 amide bonds. The van der Waals surface area contributed by atoms with Crippen molar-refractivity contribution in [1.82, 2.24) is 10.3 Å². The minimum absolute atomic E-state index is 0.0793. The number of rotatable bonds is 5. The molecule has 3 aromatic rings. The average Bonchev–Trinajstić information content (AvgIpc) is 3.27. The molecule has 0 bridgehead atoms. The summed E-state index contributed by atoms with van der Waals surface area (Å²) in [4.78, 5) is 40.8. The number of primary amides is 1. The van der Waals surface area contributed by atoms with Crippen LogP contribution in [-0.4, -0.2) is 40.0 Å². The Kier molecular flexibility index (Phi) is 4.94. The highest BCUT2D eigenvalue weighted by Crippen LogP contribution is 2.31. The molecule has 1 unspecified atom stereocenters. The van der Waals surface area contributed by atoms with Crippen molar-refractivity contribution in [3.8, 4) is 0 Å². The van der Waals surface area contributed by atoms with Crippen LogP contribution in [0.25, 0.3) is 10.9 Å². The number of nitrogens with zero attached hydrogens (tertiary/aromatic N) is 1. The van der Waals surface area contributed by atoms with E-state index in [2.05, 4.69) is 10.3 Å². The van der Waals surface area contributed by atoms with Gasteiger partial charge in [0.15, 0.2) is 0 Å². The van der Waals surface area contributed by atoms with Crippen molar-refractivity contribution in [1.29, 1.82) is 0 Å². The van der Waals surface area contributed by atoms with Gasteiger partial charge in [-0.05, 0) is 42.0 Å². The molecule has 31 heavy (non-hydrogen) atoms. The van der Waals surface area contributed by atoms with Crippen molar-refractivity contribution in [3.05, 3.63) is 65.4 Å². The number of carbonyl (C=O) groups excluding carboxylic acids is 3. The molecule has 0 aliphatic carbocycles. The second-order valence-electron chi connectivity index (χ2n) is 7.35. The molecule has 0 spiro atoms. The average molecular weight is 428 g/mol. The van der Waals surface area contributed by atoms with Gasteiger partial charge in [-0.15, -0.1) is 0 Å². The van der Waals surface area contributed by atoms with Crippen LogP contribution in [0.4, 0.5) is 14.5 Å². The highest BCUT2D eigenvalue weighted by atomic mass is 19.1. The molecule has 2 aromatic carbocycles. The second-order valence-corrected chi connectivity index (χ2v) is 7.35. The number of anilines is 1. The van der Waals surface area contributed by atoms with E-state index in [0.717, 1.165) is 12.1 Å². The summed E-state index contributed by atoms with van der Waals surface area (Å²) >= 11 is 0. The molecular formula is C21H18F2N4O4. The Balaban J connectivity index is 1.51. The predicted octanol–water partition coefficient (Wildman–Crippen LogP) is 1.33. The number of amides is 3. The van der Waals surface area contributed by atoms with Crippen LogP contribution in [0.3, 0.4) is 0 Å². The van der Waals surface area contributed by atoms with Crippen LogP contribution < -0.4 is 16.0 Å². The largest absolute Gasteiger partial charge is 0.372 e. The lowest BCUT2D eigenvalue weighted by Crippen LogP contribution is -2.52. The third-order valence-corrected chi connectivity index (χ3v) is 5.23. The minimum atomic E-state index is -2.31. The van der Waals surface area contributed by atoms with Crippen LogP contribution in [0.5, 0.6) is 0 Å². The summed E-state index contributed by atoms with van der Waals surface area (Å²) in [6, 6.07) is 9.23. The Bertz CT molecular complexity index is 1210. The molecule has 0 saturated carbocycles. The van der Waals surface area contributed by atoms with Gasteiger partial charge in [-0.25, -0.2) is 8.78 Å². The van der Waals surface area contributed by atoms with Crippen molar-refractivity contribution in [2.45, 2.75) is 18.6 Å². The summed E-state index contributed by atoms with van der Waals surface area (Å²) in [5, 5.41) is 13.7. The number of hydrogen-bond acceptors (Lipinski definition) is 4. The Morgan fingerprint density at radius 1 is 1.16 bits per heavy atom. The third kappa shape index (κ3) is 3.73. The van der Waals surface area contributed by atoms with Gasteiger partial charge in [0.1, 0.15) is 17.3 Å². The summed E-state index contributed by atoms with van der Waals surface area (Å²) in [7, 11) is 0. The van der Waals surface area contributed by atoms with E-state index in [4.69, 9.17) is 5.73 Å². The summed E-state index contributed by atoms with van der Waals surface area (Å²) in [6.45, 7) is -0.176. The maximum absolute atomic E-state index is 13.3. The van der Waals surface area contributed by atoms with E-state index in [1.54, 1.807) is 24.3 Å². The van der Waals surface area contributed by atoms with Crippen LogP contribution >= 0.6 is 0 Å². The number of carbonyl (C=O) groups is 3. The number of aliphatic hydroxyl groups is 1. The van der Waals surface area contributed by atoms with Crippen LogP contribution in [0.2, 0.25) is 0 Å². The molecule has 1 aromatic heterocycles. The quantitative estimate of drug-likeness (QED) is 0.457. The van der Waals surface area contributed by atoms with Gasteiger partial charge >= 0.3 is 0 Å².